The monoisotopic (exact) mass is 459 g/mol. The average molecular weight is 460 g/mol. The van der Waals surface area contributed by atoms with Gasteiger partial charge in [0.05, 0.1) is 16.9 Å². The first kappa shape index (κ1) is 23.0. The van der Waals surface area contributed by atoms with Gasteiger partial charge in [0.2, 0.25) is 0 Å². The molecule has 0 amide bonds. The third kappa shape index (κ3) is 3.76. The van der Waals surface area contributed by atoms with Crippen molar-refractivity contribution < 1.29 is 0 Å². The summed E-state index contributed by atoms with van der Waals surface area (Å²) in [7, 11) is 0. The number of pyridine rings is 2. The first-order chi connectivity index (χ1) is 17.0. The van der Waals surface area contributed by atoms with Gasteiger partial charge in [-0.2, -0.15) is 0 Å². The van der Waals surface area contributed by atoms with Crippen LogP contribution in [-0.4, -0.2) is 14.5 Å². The Balaban J connectivity index is 0.00000124. The number of benzene rings is 2. The number of aromatic nitrogens is 3. The molecule has 0 spiro atoms. The second kappa shape index (κ2) is 9.14. The van der Waals surface area contributed by atoms with E-state index >= 15 is 0 Å². The largest absolute Gasteiger partial charge is 0.336 e. The predicted octanol–water partition coefficient (Wildman–Crippen LogP) is 8.07. The highest BCUT2D eigenvalue weighted by atomic mass is 15.0. The summed E-state index contributed by atoms with van der Waals surface area (Å²) in [4.78, 5) is 9.60. The Bertz CT molecular complexity index is 1590. The number of aryl methyl sites for hydroxylation is 3. The zero-order chi connectivity index (χ0) is 24.7. The van der Waals surface area contributed by atoms with E-state index in [1.165, 1.54) is 49.8 Å². The molecule has 1 aliphatic rings. The third-order valence-electron chi connectivity index (χ3n) is 7.13. The van der Waals surface area contributed by atoms with Crippen molar-refractivity contribution in [1.82, 2.24) is 14.5 Å². The van der Waals surface area contributed by atoms with Gasteiger partial charge < -0.3 is 4.57 Å². The minimum absolute atomic E-state index is 0.774. The summed E-state index contributed by atoms with van der Waals surface area (Å²) in [5.41, 5.74) is 13.4. The Morgan fingerprint density at radius 1 is 0.971 bits per heavy atom. The molecule has 0 saturated carbocycles. The summed E-state index contributed by atoms with van der Waals surface area (Å²) >= 11 is 0. The van der Waals surface area contributed by atoms with Crippen molar-refractivity contribution in [2.75, 3.05) is 0 Å². The molecular weight excluding hydrogens is 426 g/mol. The molecule has 0 atom stereocenters. The zero-order valence-electron chi connectivity index (χ0n) is 21.4. The minimum Gasteiger partial charge on any atom is -0.336 e. The SMILES string of the molecule is C=C1Cc2ncccc2-c2c1n(Cc1cc3ccccc3nc1C)c1cc(CC)c(C)cc21.CC. The van der Waals surface area contributed by atoms with Gasteiger partial charge in [0.25, 0.3) is 0 Å². The fourth-order valence-corrected chi connectivity index (χ4v) is 5.41. The summed E-state index contributed by atoms with van der Waals surface area (Å²) in [5, 5.41) is 2.48. The Morgan fingerprint density at radius 2 is 1.77 bits per heavy atom. The van der Waals surface area contributed by atoms with Crippen LogP contribution < -0.4 is 0 Å². The molecule has 5 aromatic rings. The molecule has 0 saturated heterocycles. The first-order valence-corrected chi connectivity index (χ1v) is 12.7. The molecule has 3 aromatic heterocycles. The standard InChI is InChI=1S/C30H27N3.C2H6/c1-5-21-16-28-25(13-18(21)2)29-24-10-8-12-31-27(24)14-19(3)30(29)33(28)17-23-15-22-9-6-7-11-26(22)32-20(23)4;1-2/h6-13,15-16H,3,5,14,17H2,1-2,4H3;1-2H3. The lowest BCUT2D eigenvalue weighted by molar-refractivity contribution is 0.807. The number of para-hydroxylation sites is 1. The van der Waals surface area contributed by atoms with Crippen LogP contribution in [0.25, 0.3) is 38.5 Å². The van der Waals surface area contributed by atoms with Gasteiger partial charge in [-0.05, 0) is 72.9 Å². The first-order valence-electron chi connectivity index (χ1n) is 12.7. The molecule has 1 aliphatic carbocycles. The maximum Gasteiger partial charge on any atom is 0.0705 e. The molecule has 0 aliphatic heterocycles. The molecular formula is C32H33N3. The normalized spacial score (nSPS) is 12.3. The van der Waals surface area contributed by atoms with E-state index in [2.05, 4.69) is 74.4 Å². The molecule has 6 rings (SSSR count). The maximum absolute atomic E-state index is 4.91. The number of fused-ring (bicyclic) bond motifs is 6. The highest BCUT2D eigenvalue weighted by Crippen LogP contribution is 2.45. The van der Waals surface area contributed by atoms with Gasteiger partial charge in [0.15, 0.2) is 0 Å². The highest BCUT2D eigenvalue weighted by molar-refractivity contribution is 6.05. The second-order valence-electron chi connectivity index (χ2n) is 9.16. The number of hydrogen-bond donors (Lipinski definition) is 0. The van der Waals surface area contributed by atoms with Crippen molar-refractivity contribution in [1.29, 1.82) is 0 Å². The van der Waals surface area contributed by atoms with Crippen molar-refractivity contribution in [2.45, 2.75) is 54.0 Å². The average Bonchev–Trinajstić information content (AvgIpc) is 3.19. The molecule has 3 nitrogen and oxygen atoms in total. The predicted molar refractivity (Wildman–Crippen MR) is 149 cm³/mol. The molecule has 0 radical (unpaired) electrons. The lowest BCUT2D eigenvalue weighted by Crippen LogP contribution is -2.11. The van der Waals surface area contributed by atoms with Crippen LogP contribution >= 0.6 is 0 Å². The Morgan fingerprint density at radius 3 is 2.57 bits per heavy atom. The summed E-state index contributed by atoms with van der Waals surface area (Å²) < 4.78 is 2.47. The van der Waals surface area contributed by atoms with Crippen molar-refractivity contribution in [3.05, 3.63) is 101 Å². The number of rotatable bonds is 3. The van der Waals surface area contributed by atoms with Crippen LogP contribution in [-0.2, 0) is 19.4 Å². The van der Waals surface area contributed by atoms with E-state index in [0.29, 0.717) is 0 Å². The summed E-state index contributed by atoms with van der Waals surface area (Å²) in [6, 6.07) is 19.7. The summed E-state index contributed by atoms with van der Waals surface area (Å²) in [6.45, 7) is 15.9. The fourth-order valence-electron chi connectivity index (χ4n) is 5.41. The summed E-state index contributed by atoms with van der Waals surface area (Å²) in [5.74, 6) is 0. The van der Waals surface area contributed by atoms with Gasteiger partial charge in [0.1, 0.15) is 0 Å². The van der Waals surface area contributed by atoms with Crippen LogP contribution in [0.1, 0.15) is 54.5 Å². The molecule has 0 unspecified atom stereocenters. The molecule has 2 aromatic carbocycles. The van der Waals surface area contributed by atoms with E-state index in [4.69, 9.17) is 9.97 Å². The van der Waals surface area contributed by atoms with Crippen molar-refractivity contribution in [3.8, 4) is 11.1 Å². The van der Waals surface area contributed by atoms with Crippen LogP contribution in [0.15, 0.2) is 67.4 Å². The molecule has 0 fully saturated rings. The van der Waals surface area contributed by atoms with E-state index in [9.17, 15) is 0 Å². The number of nitrogens with zero attached hydrogens (tertiary/aromatic N) is 3. The van der Waals surface area contributed by atoms with Gasteiger partial charge in [-0.1, -0.05) is 51.6 Å². The van der Waals surface area contributed by atoms with Gasteiger partial charge in [-0.3, -0.25) is 9.97 Å². The molecule has 0 bridgehead atoms. The van der Waals surface area contributed by atoms with Crippen LogP contribution in [0.3, 0.4) is 0 Å². The van der Waals surface area contributed by atoms with Crippen LogP contribution in [0, 0.1) is 13.8 Å². The maximum atomic E-state index is 4.91. The summed E-state index contributed by atoms with van der Waals surface area (Å²) in [6.07, 6.45) is 3.70. The lowest BCUT2D eigenvalue weighted by atomic mass is 9.88. The molecule has 176 valence electrons. The van der Waals surface area contributed by atoms with E-state index in [1.54, 1.807) is 0 Å². The Kier molecular flexibility index (Phi) is 6.02. The highest BCUT2D eigenvalue weighted by Gasteiger charge is 2.28. The molecule has 35 heavy (non-hydrogen) atoms. The Hall–Kier alpha value is -3.72. The second-order valence-corrected chi connectivity index (χ2v) is 9.16. The van der Waals surface area contributed by atoms with E-state index in [0.717, 1.165) is 41.9 Å². The smallest absolute Gasteiger partial charge is 0.0705 e. The van der Waals surface area contributed by atoms with Crippen molar-refractivity contribution in [2.24, 2.45) is 0 Å². The molecule has 3 heterocycles. The van der Waals surface area contributed by atoms with E-state index in [-0.39, 0.29) is 0 Å². The minimum atomic E-state index is 0.774. The van der Waals surface area contributed by atoms with Gasteiger partial charge >= 0.3 is 0 Å². The van der Waals surface area contributed by atoms with Gasteiger partial charge in [-0.15, -0.1) is 0 Å². The lowest BCUT2D eigenvalue weighted by Gasteiger charge is -2.21. The topological polar surface area (TPSA) is 30.7 Å². The number of hydrogen-bond acceptors (Lipinski definition) is 2. The van der Waals surface area contributed by atoms with Crippen molar-refractivity contribution >= 4 is 27.4 Å². The van der Waals surface area contributed by atoms with Crippen LogP contribution in [0.2, 0.25) is 0 Å². The number of allylic oxidation sites excluding steroid dienone is 1. The van der Waals surface area contributed by atoms with Gasteiger partial charge in [0, 0.05) is 52.3 Å². The van der Waals surface area contributed by atoms with Crippen LogP contribution in [0.5, 0.6) is 0 Å². The van der Waals surface area contributed by atoms with Crippen molar-refractivity contribution in [3.63, 3.8) is 0 Å². The van der Waals surface area contributed by atoms with Crippen LogP contribution in [0.4, 0.5) is 0 Å². The third-order valence-corrected chi connectivity index (χ3v) is 7.13. The zero-order valence-corrected chi connectivity index (χ0v) is 21.4. The Labute approximate surface area is 208 Å². The van der Waals surface area contributed by atoms with E-state index < -0.39 is 0 Å². The van der Waals surface area contributed by atoms with Gasteiger partial charge in [-0.25, -0.2) is 0 Å². The molecule has 3 heteroatoms. The quantitative estimate of drug-likeness (QED) is 0.273. The molecule has 0 N–H and O–H groups in total. The fraction of sp³-hybridized carbons (Fsp3) is 0.250. The van der Waals surface area contributed by atoms with E-state index in [1.807, 2.05) is 32.2 Å².